The van der Waals surface area contributed by atoms with E-state index in [2.05, 4.69) is 25.9 Å². The van der Waals surface area contributed by atoms with Gasteiger partial charge in [-0.1, -0.05) is 35.4 Å². The number of rotatable bonds is 4. The fourth-order valence-electron chi connectivity index (χ4n) is 3.22. The summed E-state index contributed by atoms with van der Waals surface area (Å²) in [5.41, 5.74) is 1.86. The van der Waals surface area contributed by atoms with Crippen LogP contribution in [0.1, 0.15) is 23.5 Å². The van der Waals surface area contributed by atoms with E-state index in [9.17, 15) is 14.4 Å². The van der Waals surface area contributed by atoms with E-state index in [1.807, 2.05) is 19.1 Å². The summed E-state index contributed by atoms with van der Waals surface area (Å²) in [6.07, 6.45) is -0.142. The van der Waals surface area contributed by atoms with E-state index >= 15 is 0 Å². The highest BCUT2D eigenvalue weighted by atomic mass is 35.5. The molecule has 2 amide bonds. The third-order valence-electron chi connectivity index (χ3n) is 4.67. The lowest BCUT2D eigenvalue weighted by atomic mass is 9.92. The molecule has 4 N–H and O–H groups in total. The molecule has 152 valence electrons. The lowest BCUT2D eigenvalue weighted by Gasteiger charge is -2.23. The maximum absolute atomic E-state index is 12.8. The molecule has 1 aromatic heterocycles. The number of carbonyl (C=O) groups is 2. The Morgan fingerprint density at radius 3 is 2.63 bits per heavy atom. The summed E-state index contributed by atoms with van der Waals surface area (Å²) < 4.78 is 0. The van der Waals surface area contributed by atoms with Crippen LogP contribution in [0.15, 0.2) is 53.3 Å². The summed E-state index contributed by atoms with van der Waals surface area (Å²) in [5.74, 6) is -1.60. The van der Waals surface area contributed by atoms with E-state index in [4.69, 9.17) is 11.6 Å². The van der Waals surface area contributed by atoms with Gasteiger partial charge < -0.3 is 16.0 Å². The third-order valence-corrected chi connectivity index (χ3v) is 4.91. The Labute approximate surface area is 176 Å². The average Bonchev–Trinajstić information content (AvgIpc) is 2.68. The van der Waals surface area contributed by atoms with E-state index < -0.39 is 23.3 Å². The minimum Gasteiger partial charge on any atom is -0.326 e. The minimum atomic E-state index is -0.952. The molecule has 30 heavy (non-hydrogen) atoms. The van der Waals surface area contributed by atoms with Crippen LogP contribution in [0.3, 0.4) is 0 Å². The Morgan fingerprint density at radius 2 is 1.90 bits per heavy atom. The number of aromatic amines is 1. The van der Waals surface area contributed by atoms with Gasteiger partial charge in [0.2, 0.25) is 17.8 Å². The summed E-state index contributed by atoms with van der Waals surface area (Å²) in [6, 6.07) is 14.1. The van der Waals surface area contributed by atoms with Gasteiger partial charge in [-0.25, -0.2) is 0 Å². The molecule has 0 radical (unpaired) electrons. The molecule has 1 aliphatic rings. The molecule has 8 nitrogen and oxygen atoms in total. The molecule has 2 heterocycles. The number of aromatic nitrogens is 2. The van der Waals surface area contributed by atoms with Crippen LogP contribution in [0.25, 0.3) is 0 Å². The molecule has 1 aliphatic heterocycles. The number of fused-ring (bicyclic) bond motifs is 1. The van der Waals surface area contributed by atoms with Crippen LogP contribution in [-0.2, 0) is 9.59 Å². The van der Waals surface area contributed by atoms with Crippen LogP contribution in [0.2, 0.25) is 5.02 Å². The quantitative estimate of drug-likeness (QED) is 0.512. The molecule has 0 bridgehead atoms. The zero-order valence-electron chi connectivity index (χ0n) is 16.0. The van der Waals surface area contributed by atoms with Gasteiger partial charge in [0.15, 0.2) is 0 Å². The van der Waals surface area contributed by atoms with Crippen molar-refractivity contribution >= 4 is 46.6 Å². The smallest absolute Gasteiger partial charge is 0.258 e. The Bertz CT molecular complexity index is 1190. The molecule has 0 fully saturated rings. The number of anilines is 4. The molecule has 3 aromatic rings. The molecule has 0 aliphatic carbocycles. The summed E-state index contributed by atoms with van der Waals surface area (Å²) in [5, 5.41) is 8.79. The van der Waals surface area contributed by atoms with Crippen LogP contribution in [0.5, 0.6) is 0 Å². The largest absolute Gasteiger partial charge is 0.326 e. The van der Waals surface area contributed by atoms with Crippen LogP contribution in [0, 0.1) is 6.92 Å². The Morgan fingerprint density at radius 1 is 1.13 bits per heavy atom. The summed E-state index contributed by atoms with van der Waals surface area (Å²) >= 11 is 5.97. The van der Waals surface area contributed by atoms with Crippen molar-refractivity contribution in [3.05, 3.63) is 75.0 Å². The van der Waals surface area contributed by atoms with Crippen LogP contribution < -0.4 is 21.5 Å². The molecule has 0 saturated heterocycles. The van der Waals surface area contributed by atoms with Gasteiger partial charge in [0.1, 0.15) is 5.82 Å². The molecule has 0 saturated carbocycles. The third kappa shape index (κ3) is 4.18. The van der Waals surface area contributed by atoms with Crippen molar-refractivity contribution in [3.63, 3.8) is 0 Å². The van der Waals surface area contributed by atoms with E-state index in [1.54, 1.807) is 36.4 Å². The van der Waals surface area contributed by atoms with E-state index in [0.717, 1.165) is 5.56 Å². The zero-order chi connectivity index (χ0) is 21.3. The highest BCUT2D eigenvalue weighted by Gasteiger charge is 2.34. The highest BCUT2D eigenvalue weighted by molar-refractivity contribution is 6.30. The number of carbonyl (C=O) groups excluding carboxylic acids is 2. The first-order valence-corrected chi connectivity index (χ1v) is 9.61. The van der Waals surface area contributed by atoms with Crippen molar-refractivity contribution in [1.29, 1.82) is 0 Å². The second kappa shape index (κ2) is 8.00. The Balaban J connectivity index is 1.63. The van der Waals surface area contributed by atoms with Crippen molar-refractivity contribution in [2.45, 2.75) is 19.3 Å². The van der Waals surface area contributed by atoms with E-state index in [-0.39, 0.29) is 23.8 Å². The second-order valence-corrected chi connectivity index (χ2v) is 7.41. The van der Waals surface area contributed by atoms with E-state index in [1.165, 1.54) is 0 Å². The van der Waals surface area contributed by atoms with Gasteiger partial charge in [-0.2, -0.15) is 4.98 Å². The van der Waals surface area contributed by atoms with Gasteiger partial charge in [0, 0.05) is 22.8 Å². The number of nitrogens with one attached hydrogen (secondary N) is 4. The maximum atomic E-state index is 12.8. The monoisotopic (exact) mass is 423 g/mol. The maximum Gasteiger partial charge on any atom is 0.258 e. The molecule has 9 heteroatoms. The number of amides is 2. The molecule has 0 unspecified atom stereocenters. The highest BCUT2D eigenvalue weighted by Crippen LogP contribution is 2.30. The Kier molecular flexibility index (Phi) is 5.24. The number of hydrogen-bond donors (Lipinski definition) is 4. The van der Waals surface area contributed by atoms with E-state index in [0.29, 0.717) is 16.4 Å². The molecule has 1 atom stereocenters. The number of nitrogens with zero attached hydrogens (tertiary/aromatic N) is 1. The lowest BCUT2D eigenvalue weighted by Crippen LogP contribution is -2.36. The van der Waals surface area contributed by atoms with Crippen LogP contribution >= 0.6 is 11.6 Å². The van der Waals surface area contributed by atoms with Crippen molar-refractivity contribution in [2.75, 3.05) is 16.0 Å². The molecule has 0 spiro atoms. The fourth-order valence-corrected chi connectivity index (χ4v) is 3.41. The van der Waals surface area contributed by atoms with Gasteiger partial charge in [0.05, 0.1) is 11.5 Å². The Hall–Kier alpha value is -3.65. The molecule has 4 rings (SSSR count). The second-order valence-electron chi connectivity index (χ2n) is 6.97. The number of H-pyrrole nitrogens is 1. The van der Waals surface area contributed by atoms with Crippen LogP contribution in [-0.4, -0.2) is 21.8 Å². The topological polar surface area (TPSA) is 116 Å². The molecular formula is C21H18ClN5O3. The van der Waals surface area contributed by atoms with Crippen molar-refractivity contribution in [1.82, 2.24) is 9.97 Å². The summed E-state index contributed by atoms with van der Waals surface area (Å²) in [4.78, 5) is 44.7. The summed E-state index contributed by atoms with van der Waals surface area (Å²) in [7, 11) is 0. The van der Waals surface area contributed by atoms with Gasteiger partial charge in [-0.15, -0.1) is 0 Å². The minimum absolute atomic E-state index is 0.0589. The SMILES string of the molecule is Cc1ccc(NC(=O)[C@H]2CC(=O)Nc3nc(Nc4cccc(Cl)c4)[nH]c(=O)c32)cc1. The first kappa shape index (κ1) is 19.7. The molecule has 2 aromatic carbocycles. The first-order chi connectivity index (χ1) is 14.4. The number of hydrogen-bond acceptors (Lipinski definition) is 5. The zero-order valence-corrected chi connectivity index (χ0v) is 16.7. The van der Waals surface area contributed by atoms with Crippen LogP contribution in [0.4, 0.5) is 23.1 Å². The van der Waals surface area contributed by atoms with Gasteiger partial charge >= 0.3 is 0 Å². The van der Waals surface area contributed by atoms with Crippen molar-refractivity contribution in [3.8, 4) is 0 Å². The fraction of sp³-hybridized carbons (Fsp3) is 0.143. The van der Waals surface area contributed by atoms with Gasteiger partial charge in [-0.3, -0.25) is 19.4 Å². The van der Waals surface area contributed by atoms with Gasteiger partial charge in [0.25, 0.3) is 5.56 Å². The molecular weight excluding hydrogens is 406 g/mol. The predicted octanol–water partition coefficient (Wildman–Crippen LogP) is 3.54. The summed E-state index contributed by atoms with van der Waals surface area (Å²) in [6.45, 7) is 1.94. The van der Waals surface area contributed by atoms with Crippen molar-refractivity contribution < 1.29 is 9.59 Å². The average molecular weight is 424 g/mol. The normalized spacial score (nSPS) is 15.1. The van der Waals surface area contributed by atoms with Gasteiger partial charge in [-0.05, 0) is 37.3 Å². The number of halogens is 1. The number of benzene rings is 2. The van der Waals surface area contributed by atoms with Crippen molar-refractivity contribution in [2.24, 2.45) is 0 Å². The standard InChI is InChI=1S/C21H18ClN5O3/c1-11-5-7-13(8-6-11)23-19(29)15-10-16(28)25-18-17(15)20(30)27-21(26-18)24-14-4-2-3-12(22)9-14/h2-9,15H,10H2,1H3,(H,23,29)(H3,24,25,26,27,28,30)/t15-/m0/s1. The lowest BCUT2D eigenvalue weighted by molar-refractivity contribution is -0.123. The number of aryl methyl sites for hydroxylation is 1. The predicted molar refractivity (Wildman–Crippen MR) is 115 cm³/mol. The first-order valence-electron chi connectivity index (χ1n) is 9.23.